The average Bonchev–Trinajstić information content (AvgIpc) is 2.83. The van der Waals surface area contributed by atoms with Crippen LogP contribution in [0.15, 0.2) is 70.7 Å². The molecule has 0 saturated heterocycles. The largest absolute Gasteiger partial charge is 0.482 e. The average molecular weight is 460 g/mol. The Hall–Kier alpha value is -3.91. The second-order valence-corrected chi connectivity index (χ2v) is 8.26. The van der Waals surface area contributed by atoms with Gasteiger partial charge in [-0.05, 0) is 61.0 Å². The molecule has 34 heavy (non-hydrogen) atoms. The Kier molecular flexibility index (Phi) is 7.39. The number of carbonyl (C=O) groups excluding carboxylic acids is 1. The van der Waals surface area contributed by atoms with Gasteiger partial charge in [0.25, 0.3) is 0 Å². The van der Waals surface area contributed by atoms with Crippen molar-refractivity contribution in [2.24, 2.45) is 9.98 Å². The van der Waals surface area contributed by atoms with Crippen molar-refractivity contribution in [3.63, 3.8) is 0 Å². The molecule has 0 bridgehead atoms. The summed E-state index contributed by atoms with van der Waals surface area (Å²) in [5.74, 6) is 0.655. The zero-order valence-electron chi connectivity index (χ0n) is 19.4. The van der Waals surface area contributed by atoms with Crippen molar-refractivity contribution in [2.45, 2.75) is 12.5 Å². The van der Waals surface area contributed by atoms with E-state index in [-0.39, 0.29) is 12.5 Å². The zero-order valence-corrected chi connectivity index (χ0v) is 19.4. The topological polar surface area (TPSA) is 87.5 Å². The third-order valence-electron chi connectivity index (χ3n) is 5.27. The number of benzene rings is 2. The zero-order chi connectivity index (χ0) is 23.8. The van der Waals surface area contributed by atoms with Crippen molar-refractivity contribution in [1.29, 1.82) is 0 Å². The third-order valence-corrected chi connectivity index (χ3v) is 5.27. The minimum absolute atomic E-state index is 0.0630. The highest BCUT2D eigenvalue weighted by Crippen LogP contribution is 2.23. The van der Waals surface area contributed by atoms with Gasteiger partial charge in [0.15, 0.2) is 0 Å². The van der Waals surface area contributed by atoms with Gasteiger partial charge in [0.05, 0.1) is 17.6 Å². The number of hydrogen-bond donors (Lipinski definition) is 2. The number of aliphatic imine (C=N–C) groups is 1. The molecule has 0 spiro atoms. The predicted octanol–water partition coefficient (Wildman–Crippen LogP) is 1.90. The number of ether oxygens (including phenoxy) is 2. The van der Waals surface area contributed by atoms with Crippen molar-refractivity contribution in [3.05, 3.63) is 76.8 Å². The molecule has 2 aliphatic rings. The normalized spacial score (nSPS) is 18.7. The Bertz CT molecular complexity index is 1220. The summed E-state index contributed by atoms with van der Waals surface area (Å²) >= 11 is 0. The van der Waals surface area contributed by atoms with Gasteiger partial charge < -0.3 is 14.8 Å². The fourth-order valence-corrected chi connectivity index (χ4v) is 3.60. The van der Waals surface area contributed by atoms with Gasteiger partial charge in [-0.25, -0.2) is 0 Å². The van der Waals surface area contributed by atoms with E-state index < -0.39 is 5.60 Å². The van der Waals surface area contributed by atoms with Crippen LogP contribution >= 0.6 is 0 Å². The van der Waals surface area contributed by atoms with Gasteiger partial charge in [0.2, 0.25) is 5.91 Å². The van der Waals surface area contributed by atoms with Gasteiger partial charge in [-0.15, -0.1) is 0 Å². The number of nitrogens with zero attached hydrogens (tertiary/aromatic N) is 3. The van der Waals surface area contributed by atoms with E-state index in [1.807, 2.05) is 78.8 Å². The lowest BCUT2D eigenvalue weighted by Crippen LogP contribution is -2.38. The Labute approximate surface area is 199 Å². The molecule has 2 aromatic carbocycles. The molecule has 8 nitrogen and oxygen atoms in total. The molecule has 1 atom stereocenters. The molecular weight excluding hydrogens is 430 g/mol. The van der Waals surface area contributed by atoms with Crippen LogP contribution in [0.1, 0.15) is 12.5 Å². The van der Waals surface area contributed by atoms with Crippen LogP contribution in [0.2, 0.25) is 0 Å². The first kappa shape index (κ1) is 23.3. The second kappa shape index (κ2) is 10.8. The molecule has 176 valence electrons. The summed E-state index contributed by atoms with van der Waals surface area (Å²) in [6, 6.07) is 13.9. The lowest BCUT2D eigenvalue weighted by atomic mass is 10.0. The van der Waals surface area contributed by atoms with Crippen molar-refractivity contribution in [1.82, 2.24) is 10.3 Å². The summed E-state index contributed by atoms with van der Waals surface area (Å²) in [5.41, 5.74) is 4.92. The Morgan fingerprint density at radius 2 is 2.09 bits per heavy atom. The number of dihydropyridines is 1. The van der Waals surface area contributed by atoms with Crippen LogP contribution in [0.25, 0.3) is 12.3 Å². The second-order valence-electron chi connectivity index (χ2n) is 8.26. The van der Waals surface area contributed by atoms with Gasteiger partial charge in [0, 0.05) is 31.3 Å². The van der Waals surface area contributed by atoms with E-state index >= 15 is 0 Å². The highest BCUT2D eigenvalue weighted by Gasteiger charge is 2.23. The molecule has 8 heteroatoms. The molecule has 4 rings (SSSR count). The van der Waals surface area contributed by atoms with Crippen LogP contribution in [0, 0.1) is 0 Å². The van der Waals surface area contributed by atoms with Crippen LogP contribution in [-0.4, -0.2) is 56.2 Å². The minimum atomic E-state index is -0.422. The Balaban J connectivity index is 1.37. The number of methoxy groups -OCH3 is 1. The highest BCUT2D eigenvalue weighted by molar-refractivity contribution is 5.77. The maximum atomic E-state index is 11.4. The number of amides is 1. The standard InChI is InChI=1S/C26H29N5O3/c1-26(12-4-13-27-18-26)34-23-9-7-22(8-10-23)30-31-16-21-15-20(6-11-24(21)29-19-31)5-3-14-28-25(32)17-33-2/h3-13,15-16,30H,14,17-19H2,1-2H3,(H,28,32)/b5-3+. The van der Waals surface area contributed by atoms with Crippen LogP contribution in [-0.2, 0) is 9.53 Å². The van der Waals surface area contributed by atoms with Gasteiger partial charge in [-0.2, -0.15) is 0 Å². The van der Waals surface area contributed by atoms with E-state index in [4.69, 9.17) is 9.47 Å². The molecule has 2 aliphatic heterocycles. The summed E-state index contributed by atoms with van der Waals surface area (Å²) in [7, 11) is 1.50. The molecule has 0 fully saturated rings. The van der Waals surface area contributed by atoms with Crippen LogP contribution in [0.4, 0.5) is 5.69 Å². The molecule has 0 aliphatic carbocycles. The number of carbonyl (C=O) groups is 1. The lowest BCUT2D eigenvalue weighted by molar-refractivity contribution is -0.124. The first-order valence-electron chi connectivity index (χ1n) is 11.1. The number of hydrazine groups is 1. The van der Waals surface area contributed by atoms with E-state index in [1.165, 1.54) is 7.11 Å². The van der Waals surface area contributed by atoms with E-state index in [0.717, 1.165) is 27.6 Å². The van der Waals surface area contributed by atoms with Crippen LogP contribution in [0.3, 0.4) is 0 Å². The molecule has 1 amide bonds. The number of rotatable bonds is 9. The van der Waals surface area contributed by atoms with Crippen molar-refractivity contribution in [3.8, 4) is 5.75 Å². The van der Waals surface area contributed by atoms with Crippen molar-refractivity contribution < 1.29 is 14.3 Å². The number of nitrogens with one attached hydrogen (secondary N) is 2. The van der Waals surface area contributed by atoms with Crippen molar-refractivity contribution in [2.75, 3.05) is 38.9 Å². The molecule has 1 unspecified atom stereocenters. The molecule has 2 aromatic rings. The van der Waals surface area contributed by atoms with Gasteiger partial charge in [0.1, 0.15) is 24.6 Å². The third kappa shape index (κ3) is 6.32. The van der Waals surface area contributed by atoms with E-state index in [2.05, 4.69) is 26.8 Å². The van der Waals surface area contributed by atoms with E-state index in [1.54, 1.807) is 6.21 Å². The number of fused-ring (bicyclic) bond motifs is 1. The SMILES string of the molecule is COCC(=O)NC/C=C/c1ccc2c(c1)=CN(Nc1ccc(OC3(C)C=CC=NC3)cc1)CN=2. The summed E-state index contributed by atoms with van der Waals surface area (Å²) in [4.78, 5) is 20.4. The first-order chi connectivity index (χ1) is 16.5. The molecule has 2 N–H and O–H groups in total. The predicted molar refractivity (Wildman–Crippen MR) is 134 cm³/mol. The highest BCUT2D eigenvalue weighted by atomic mass is 16.5. The molecule has 2 heterocycles. The molecule has 0 saturated carbocycles. The summed E-state index contributed by atoms with van der Waals surface area (Å²) in [6.45, 7) is 3.64. The number of hydrogen-bond acceptors (Lipinski definition) is 7. The van der Waals surface area contributed by atoms with E-state index in [0.29, 0.717) is 19.8 Å². The first-order valence-corrected chi connectivity index (χ1v) is 11.1. The number of allylic oxidation sites excluding steroid dienone is 1. The Morgan fingerprint density at radius 3 is 2.85 bits per heavy atom. The maximum absolute atomic E-state index is 11.4. The fourth-order valence-electron chi connectivity index (χ4n) is 3.60. The minimum Gasteiger partial charge on any atom is -0.482 e. The van der Waals surface area contributed by atoms with Crippen LogP contribution in [0.5, 0.6) is 5.75 Å². The Morgan fingerprint density at radius 1 is 1.24 bits per heavy atom. The smallest absolute Gasteiger partial charge is 0.246 e. The van der Waals surface area contributed by atoms with Gasteiger partial charge in [-0.3, -0.25) is 25.2 Å². The monoisotopic (exact) mass is 459 g/mol. The fraction of sp³-hybridized carbons (Fsp3) is 0.269. The summed E-state index contributed by atoms with van der Waals surface area (Å²) < 4.78 is 10.9. The molecule has 0 radical (unpaired) electrons. The van der Waals surface area contributed by atoms with Crippen molar-refractivity contribution >= 4 is 30.1 Å². The number of anilines is 1. The van der Waals surface area contributed by atoms with Crippen LogP contribution < -0.4 is 26.1 Å². The van der Waals surface area contributed by atoms with Gasteiger partial charge >= 0.3 is 0 Å². The van der Waals surface area contributed by atoms with E-state index in [9.17, 15) is 4.79 Å². The summed E-state index contributed by atoms with van der Waals surface area (Å²) in [6.07, 6.45) is 11.6. The maximum Gasteiger partial charge on any atom is 0.246 e. The summed E-state index contributed by atoms with van der Waals surface area (Å²) in [5, 5.41) is 6.67. The van der Waals surface area contributed by atoms with Gasteiger partial charge in [-0.1, -0.05) is 18.2 Å². The molecular formula is C26H29N5O3. The lowest BCUT2D eigenvalue weighted by Gasteiger charge is -2.27. The molecule has 0 aromatic heterocycles. The quantitative estimate of drug-likeness (QED) is 0.598.